The van der Waals surface area contributed by atoms with Crippen molar-refractivity contribution in [1.82, 2.24) is 9.97 Å². The van der Waals surface area contributed by atoms with Crippen molar-refractivity contribution in [2.45, 2.75) is 31.6 Å². The molecule has 142 valence electrons. The number of halogens is 3. The first-order valence-corrected chi connectivity index (χ1v) is 9.74. The third kappa shape index (κ3) is 6.52. The van der Waals surface area contributed by atoms with Crippen molar-refractivity contribution < 1.29 is 26.1 Å². The molecule has 0 amide bonds. The van der Waals surface area contributed by atoms with Gasteiger partial charge in [0.2, 0.25) is 11.2 Å². The largest absolute Gasteiger partial charge is 0.486 e. The number of nitrogens with zero attached hydrogens (tertiary/aromatic N) is 2. The molecular formula is C14H20ClF2N3O4S. The van der Waals surface area contributed by atoms with Crippen LogP contribution in [0, 0.1) is 5.92 Å². The van der Waals surface area contributed by atoms with Crippen molar-refractivity contribution in [3.05, 3.63) is 11.5 Å². The highest BCUT2D eigenvalue weighted by Crippen LogP contribution is 2.36. The van der Waals surface area contributed by atoms with E-state index in [9.17, 15) is 17.2 Å². The molecule has 0 bridgehead atoms. The summed E-state index contributed by atoms with van der Waals surface area (Å²) in [6, 6.07) is 0. The van der Waals surface area contributed by atoms with Crippen molar-refractivity contribution in [1.29, 1.82) is 0 Å². The molecule has 0 radical (unpaired) electrons. The highest BCUT2D eigenvalue weighted by molar-refractivity contribution is 7.86. The highest BCUT2D eigenvalue weighted by atomic mass is 35.5. The summed E-state index contributed by atoms with van der Waals surface area (Å²) in [5, 5.41) is 2.82. The standard InChI is InChI=1S/C14H20ClF2N3O4S/c1-18-12-11(8-19-13(15)20-12)23-6-7-24-25(21,22)9-10-2-4-14(16,17)5-3-10/h8,10H,2-7,9H2,1H3,(H,18,19,20). The van der Waals surface area contributed by atoms with E-state index in [1.165, 1.54) is 6.20 Å². The topological polar surface area (TPSA) is 90.4 Å². The monoisotopic (exact) mass is 399 g/mol. The van der Waals surface area contributed by atoms with E-state index in [1.807, 2.05) is 0 Å². The first-order valence-electron chi connectivity index (χ1n) is 7.79. The Labute approximate surface area is 150 Å². The van der Waals surface area contributed by atoms with Gasteiger partial charge in [-0.15, -0.1) is 0 Å². The fourth-order valence-corrected chi connectivity index (χ4v) is 4.01. The third-order valence-electron chi connectivity index (χ3n) is 3.84. The number of hydrogen-bond donors (Lipinski definition) is 1. The van der Waals surface area contributed by atoms with E-state index in [0.717, 1.165) is 0 Å². The minimum absolute atomic E-state index is 0.0400. The summed E-state index contributed by atoms with van der Waals surface area (Å²) in [4.78, 5) is 7.68. The predicted molar refractivity (Wildman–Crippen MR) is 88.7 cm³/mol. The van der Waals surface area contributed by atoms with Gasteiger partial charge in [-0.3, -0.25) is 4.18 Å². The van der Waals surface area contributed by atoms with Gasteiger partial charge in [-0.2, -0.15) is 13.4 Å². The molecule has 1 fully saturated rings. The molecule has 1 heterocycles. The summed E-state index contributed by atoms with van der Waals surface area (Å²) in [5.41, 5.74) is 0. The zero-order chi connectivity index (χ0) is 18.5. The molecule has 25 heavy (non-hydrogen) atoms. The van der Waals surface area contributed by atoms with Crippen LogP contribution in [-0.2, 0) is 14.3 Å². The van der Waals surface area contributed by atoms with Gasteiger partial charge in [-0.1, -0.05) is 0 Å². The molecule has 0 spiro atoms. The van der Waals surface area contributed by atoms with Crippen LogP contribution in [-0.4, -0.2) is 50.3 Å². The fourth-order valence-electron chi connectivity index (χ4n) is 2.55. The lowest BCUT2D eigenvalue weighted by molar-refractivity contribution is -0.0437. The molecule has 7 nitrogen and oxygen atoms in total. The lowest BCUT2D eigenvalue weighted by Crippen LogP contribution is -2.29. The second-order valence-electron chi connectivity index (χ2n) is 5.80. The minimum atomic E-state index is -3.79. The second-order valence-corrected chi connectivity index (χ2v) is 7.82. The molecule has 0 unspecified atom stereocenters. The van der Waals surface area contributed by atoms with Crippen LogP contribution in [0.1, 0.15) is 25.7 Å². The SMILES string of the molecule is CNc1nc(Cl)ncc1OCCOS(=O)(=O)CC1CCC(F)(F)CC1. The van der Waals surface area contributed by atoms with E-state index in [-0.39, 0.29) is 55.9 Å². The minimum Gasteiger partial charge on any atom is -0.486 e. The van der Waals surface area contributed by atoms with Crippen LogP contribution in [0.4, 0.5) is 14.6 Å². The van der Waals surface area contributed by atoms with Crippen molar-refractivity contribution in [3.63, 3.8) is 0 Å². The molecule has 0 aliphatic heterocycles. The maximum absolute atomic E-state index is 13.1. The Bertz CT molecular complexity index is 681. The molecule has 1 aliphatic rings. The maximum Gasteiger partial charge on any atom is 0.267 e. The first-order chi connectivity index (χ1) is 11.7. The molecule has 1 N–H and O–H groups in total. The Hall–Kier alpha value is -1.26. The molecule has 2 rings (SSSR count). The van der Waals surface area contributed by atoms with E-state index < -0.39 is 16.0 Å². The van der Waals surface area contributed by atoms with Crippen LogP contribution in [0.2, 0.25) is 5.28 Å². The number of rotatable bonds is 8. The molecule has 0 saturated heterocycles. The van der Waals surface area contributed by atoms with E-state index in [1.54, 1.807) is 7.05 Å². The first kappa shape index (κ1) is 20.1. The zero-order valence-electron chi connectivity index (χ0n) is 13.7. The molecular weight excluding hydrogens is 380 g/mol. The van der Waals surface area contributed by atoms with Crippen LogP contribution >= 0.6 is 11.6 Å². The molecule has 1 aromatic rings. The van der Waals surface area contributed by atoms with Crippen LogP contribution < -0.4 is 10.1 Å². The Morgan fingerprint density at radius 2 is 2.04 bits per heavy atom. The van der Waals surface area contributed by atoms with Gasteiger partial charge >= 0.3 is 0 Å². The van der Waals surface area contributed by atoms with Crippen molar-refractivity contribution in [3.8, 4) is 5.75 Å². The Morgan fingerprint density at radius 1 is 1.36 bits per heavy atom. The average molecular weight is 400 g/mol. The zero-order valence-corrected chi connectivity index (χ0v) is 15.2. The smallest absolute Gasteiger partial charge is 0.267 e. The molecule has 0 atom stereocenters. The second kappa shape index (κ2) is 8.41. The molecule has 1 aliphatic carbocycles. The number of alkyl halides is 2. The summed E-state index contributed by atoms with van der Waals surface area (Å²) in [5.74, 6) is -2.56. The number of hydrogen-bond acceptors (Lipinski definition) is 7. The van der Waals surface area contributed by atoms with Gasteiger partial charge in [0.25, 0.3) is 10.1 Å². The highest BCUT2D eigenvalue weighted by Gasteiger charge is 2.36. The van der Waals surface area contributed by atoms with Gasteiger partial charge in [-0.25, -0.2) is 13.8 Å². The van der Waals surface area contributed by atoms with Crippen LogP contribution in [0.25, 0.3) is 0 Å². The van der Waals surface area contributed by atoms with E-state index >= 15 is 0 Å². The van der Waals surface area contributed by atoms with Gasteiger partial charge in [0.15, 0.2) is 11.6 Å². The lowest BCUT2D eigenvalue weighted by Gasteiger charge is -2.27. The number of anilines is 1. The lowest BCUT2D eigenvalue weighted by atomic mass is 9.88. The molecule has 11 heteroatoms. The van der Waals surface area contributed by atoms with Gasteiger partial charge in [0.1, 0.15) is 13.2 Å². The van der Waals surface area contributed by atoms with Crippen LogP contribution in [0.5, 0.6) is 5.75 Å². The molecule has 0 aromatic carbocycles. The normalized spacial score (nSPS) is 18.1. The quantitative estimate of drug-likeness (QED) is 0.408. The summed E-state index contributed by atoms with van der Waals surface area (Å²) in [7, 11) is -2.16. The van der Waals surface area contributed by atoms with Crippen molar-refractivity contribution in [2.24, 2.45) is 5.92 Å². The van der Waals surface area contributed by atoms with E-state index in [2.05, 4.69) is 15.3 Å². The van der Waals surface area contributed by atoms with Crippen molar-refractivity contribution >= 4 is 27.5 Å². The summed E-state index contributed by atoms with van der Waals surface area (Å²) in [6.07, 6.45) is 1.16. The van der Waals surface area contributed by atoms with Gasteiger partial charge < -0.3 is 10.1 Å². The maximum atomic E-state index is 13.1. The van der Waals surface area contributed by atoms with E-state index in [4.69, 9.17) is 20.5 Å². The molecule has 1 aromatic heterocycles. The van der Waals surface area contributed by atoms with Crippen LogP contribution in [0.15, 0.2) is 6.20 Å². The Balaban J connectivity index is 1.75. The van der Waals surface area contributed by atoms with Gasteiger partial charge in [-0.05, 0) is 30.4 Å². The fraction of sp³-hybridized carbons (Fsp3) is 0.714. The average Bonchev–Trinajstić information content (AvgIpc) is 2.54. The van der Waals surface area contributed by atoms with E-state index in [0.29, 0.717) is 11.6 Å². The number of ether oxygens (including phenoxy) is 1. The van der Waals surface area contributed by atoms with Gasteiger partial charge in [0.05, 0.1) is 11.9 Å². The van der Waals surface area contributed by atoms with Crippen molar-refractivity contribution in [2.75, 3.05) is 31.3 Å². The Kier molecular flexibility index (Phi) is 6.75. The van der Waals surface area contributed by atoms with Gasteiger partial charge in [0, 0.05) is 19.9 Å². The third-order valence-corrected chi connectivity index (χ3v) is 5.43. The Morgan fingerprint density at radius 3 is 2.68 bits per heavy atom. The summed E-state index contributed by atoms with van der Waals surface area (Å²) >= 11 is 5.66. The van der Waals surface area contributed by atoms with Crippen LogP contribution in [0.3, 0.4) is 0 Å². The molecule has 1 saturated carbocycles. The summed E-state index contributed by atoms with van der Waals surface area (Å²) < 4.78 is 60.2. The number of nitrogens with one attached hydrogen (secondary N) is 1. The summed E-state index contributed by atoms with van der Waals surface area (Å²) in [6.45, 7) is -0.237. The predicted octanol–water partition coefficient (Wildman–Crippen LogP) is 2.72. The number of aromatic nitrogens is 2.